The van der Waals surface area contributed by atoms with Crippen LogP contribution in [0.4, 0.5) is 11.4 Å². The average molecular weight is 510 g/mol. The minimum Gasteiger partial charge on any atom is -0.367 e. The number of benzene rings is 1. The van der Waals surface area contributed by atoms with Crippen molar-refractivity contribution in [3.63, 3.8) is 0 Å². The van der Waals surface area contributed by atoms with Crippen LogP contribution in [-0.4, -0.2) is 74.2 Å². The van der Waals surface area contributed by atoms with Gasteiger partial charge in [0.1, 0.15) is 11.2 Å². The van der Waals surface area contributed by atoms with E-state index in [1.807, 2.05) is 45.2 Å². The van der Waals surface area contributed by atoms with Crippen LogP contribution in [0.1, 0.15) is 20.8 Å². The van der Waals surface area contributed by atoms with Crippen molar-refractivity contribution in [1.82, 2.24) is 35.0 Å². The van der Waals surface area contributed by atoms with E-state index in [4.69, 9.17) is 4.98 Å². The predicted octanol–water partition coefficient (Wildman–Crippen LogP) is 4.30. The van der Waals surface area contributed by atoms with Crippen molar-refractivity contribution in [1.29, 1.82) is 0 Å². The zero-order valence-corrected chi connectivity index (χ0v) is 22.0. The van der Waals surface area contributed by atoms with Gasteiger partial charge in [-0.05, 0) is 36.9 Å². The van der Waals surface area contributed by atoms with E-state index in [9.17, 15) is 4.79 Å². The summed E-state index contributed by atoms with van der Waals surface area (Å²) in [4.78, 5) is 34.4. The SMILES string of the molecule is CN1CCN(c2ccnc3nc(-c4n[nH]c5ccc(-c6cncc(NC(=O)C(C)(C)C)c6)cc45)[nH]c23)CC1. The van der Waals surface area contributed by atoms with Gasteiger partial charge < -0.3 is 20.1 Å². The highest BCUT2D eigenvalue weighted by atomic mass is 16.2. The Balaban J connectivity index is 1.35. The third kappa shape index (κ3) is 4.47. The lowest BCUT2D eigenvalue weighted by molar-refractivity contribution is -0.123. The van der Waals surface area contributed by atoms with Gasteiger partial charge in [0.15, 0.2) is 11.5 Å². The van der Waals surface area contributed by atoms with Crippen LogP contribution in [0.5, 0.6) is 0 Å². The summed E-state index contributed by atoms with van der Waals surface area (Å²) >= 11 is 0. The van der Waals surface area contributed by atoms with Crippen molar-refractivity contribution in [2.75, 3.05) is 43.4 Å². The molecule has 5 heterocycles. The maximum Gasteiger partial charge on any atom is 0.229 e. The van der Waals surface area contributed by atoms with Crippen LogP contribution < -0.4 is 10.2 Å². The van der Waals surface area contributed by atoms with E-state index in [1.54, 1.807) is 12.4 Å². The molecular weight excluding hydrogens is 478 g/mol. The molecular formula is C28H31N9O. The number of rotatable bonds is 4. The quantitative estimate of drug-likeness (QED) is 0.330. The molecule has 0 unspecified atom stereocenters. The van der Waals surface area contributed by atoms with Gasteiger partial charge in [-0.1, -0.05) is 26.8 Å². The number of H-pyrrole nitrogens is 2. The van der Waals surface area contributed by atoms with Crippen LogP contribution in [0, 0.1) is 5.41 Å². The van der Waals surface area contributed by atoms with Crippen molar-refractivity contribution in [2.45, 2.75) is 20.8 Å². The minimum absolute atomic E-state index is 0.0570. The fourth-order valence-electron chi connectivity index (χ4n) is 4.68. The molecule has 1 aliphatic heterocycles. The third-order valence-corrected chi connectivity index (χ3v) is 7.01. The van der Waals surface area contributed by atoms with Gasteiger partial charge in [-0.15, -0.1) is 0 Å². The van der Waals surface area contributed by atoms with Gasteiger partial charge in [-0.25, -0.2) is 9.97 Å². The summed E-state index contributed by atoms with van der Waals surface area (Å²) in [6, 6.07) is 10.1. The Labute approximate surface area is 220 Å². The summed E-state index contributed by atoms with van der Waals surface area (Å²) in [5.41, 5.74) is 6.38. The van der Waals surface area contributed by atoms with E-state index in [0.717, 1.165) is 65.1 Å². The van der Waals surface area contributed by atoms with Crippen LogP contribution in [0.15, 0.2) is 48.9 Å². The monoisotopic (exact) mass is 509 g/mol. The molecule has 1 aliphatic rings. The second kappa shape index (κ2) is 9.21. The van der Waals surface area contributed by atoms with Crippen molar-refractivity contribution >= 4 is 39.3 Å². The summed E-state index contributed by atoms with van der Waals surface area (Å²) < 4.78 is 0. The summed E-state index contributed by atoms with van der Waals surface area (Å²) in [6.45, 7) is 9.62. The van der Waals surface area contributed by atoms with Gasteiger partial charge in [0, 0.05) is 54.9 Å². The Morgan fingerprint density at radius 3 is 2.63 bits per heavy atom. The van der Waals surface area contributed by atoms with E-state index in [-0.39, 0.29) is 5.91 Å². The number of hydrogen-bond donors (Lipinski definition) is 3. The molecule has 6 rings (SSSR count). The fraction of sp³-hybridized carbons (Fsp3) is 0.321. The molecule has 3 N–H and O–H groups in total. The highest BCUT2D eigenvalue weighted by Gasteiger charge is 2.22. The van der Waals surface area contributed by atoms with Crippen molar-refractivity contribution in [3.05, 3.63) is 48.9 Å². The Kier molecular flexibility index (Phi) is 5.83. The normalized spacial score (nSPS) is 14.9. The summed E-state index contributed by atoms with van der Waals surface area (Å²) in [5, 5.41) is 11.6. The number of carbonyl (C=O) groups is 1. The predicted molar refractivity (Wildman–Crippen MR) is 150 cm³/mol. The van der Waals surface area contributed by atoms with E-state index in [1.165, 1.54) is 0 Å². The number of aromatic nitrogens is 6. The zero-order chi connectivity index (χ0) is 26.4. The van der Waals surface area contributed by atoms with E-state index >= 15 is 0 Å². The van der Waals surface area contributed by atoms with Gasteiger partial charge in [0.05, 0.1) is 23.1 Å². The molecule has 5 aromatic rings. The molecule has 0 radical (unpaired) electrons. The van der Waals surface area contributed by atoms with Gasteiger partial charge in [0.2, 0.25) is 5.91 Å². The van der Waals surface area contributed by atoms with Gasteiger partial charge in [-0.2, -0.15) is 5.10 Å². The Morgan fingerprint density at radius 2 is 1.84 bits per heavy atom. The van der Waals surface area contributed by atoms with E-state index in [2.05, 4.69) is 59.4 Å². The fourth-order valence-corrected chi connectivity index (χ4v) is 4.68. The van der Waals surface area contributed by atoms with Crippen molar-refractivity contribution < 1.29 is 4.79 Å². The summed E-state index contributed by atoms with van der Waals surface area (Å²) in [5.74, 6) is 0.611. The number of anilines is 2. The van der Waals surface area contributed by atoms with Crippen LogP contribution in [0.25, 0.3) is 44.7 Å². The van der Waals surface area contributed by atoms with Crippen molar-refractivity contribution in [2.24, 2.45) is 5.41 Å². The first-order chi connectivity index (χ1) is 18.3. The Bertz CT molecular complexity index is 1640. The first-order valence-electron chi connectivity index (χ1n) is 12.8. The Morgan fingerprint density at radius 1 is 1.03 bits per heavy atom. The van der Waals surface area contributed by atoms with E-state index < -0.39 is 5.41 Å². The van der Waals surface area contributed by atoms with Gasteiger partial charge in [-0.3, -0.25) is 14.9 Å². The number of carbonyl (C=O) groups excluding carboxylic acids is 1. The number of amides is 1. The van der Waals surface area contributed by atoms with Crippen LogP contribution in [0.2, 0.25) is 0 Å². The first kappa shape index (κ1) is 24.1. The third-order valence-electron chi connectivity index (χ3n) is 7.01. The minimum atomic E-state index is -0.494. The lowest BCUT2D eigenvalue weighted by Gasteiger charge is -2.34. The molecule has 1 fully saturated rings. The number of piperazine rings is 1. The summed E-state index contributed by atoms with van der Waals surface area (Å²) in [7, 11) is 2.15. The maximum absolute atomic E-state index is 12.5. The molecule has 10 heteroatoms. The topological polar surface area (TPSA) is 119 Å². The highest BCUT2D eigenvalue weighted by molar-refractivity contribution is 5.98. The molecule has 10 nitrogen and oxygen atoms in total. The molecule has 1 saturated heterocycles. The molecule has 0 saturated carbocycles. The molecule has 0 spiro atoms. The van der Waals surface area contributed by atoms with Crippen LogP contribution >= 0.6 is 0 Å². The van der Waals surface area contributed by atoms with Gasteiger partial charge >= 0.3 is 0 Å². The zero-order valence-electron chi connectivity index (χ0n) is 22.0. The summed E-state index contributed by atoms with van der Waals surface area (Å²) in [6.07, 6.45) is 5.27. The molecule has 0 bridgehead atoms. The smallest absolute Gasteiger partial charge is 0.229 e. The first-order valence-corrected chi connectivity index (χ1v) is 12.8. The van der Waals surface area contributed by atoms with Gasteiger partial charge in [0.25, 0.3) is 0 Å². The second-order valence-corrected chi connectivity index (χ2v) is 10.9. The molecule has 1 aromatic carbocycles. The lowest BCUT2D eigenvalue weighted by atomic mass is 9.95. The number of imidazole rings is 1. The van der Waals surface area contributed by atoms with E-state index in [0.29, 0.717) is 17.2 Å². The number of pyridine rings is 2. The lowest BCUT2D eigenvalue weighted by Crippen LogP contribution is -2.44. The number of nitrogens with zero attached hydrogens (tertiary/aromatic N) is 6. The standard InChI is InChI=1S/C28H31N9O/c1-28(2,3)27(38)31-19-13-18(15-29-16-19)17-5-6-21-20(14-17)23(35-34-21)26-32-24-22(7-8-30-25(24)33-26)37-11-9-36(4)10-12-37/h5-8,13-16H,9-12H2,1-4H3,(H,31,38)(H,34,35)(H,30,32,33). The van der Waals surface area contributed by atoms with Crippen LogP contribution in [-0.2, 0) is 4.79 Å². The molecule has 194 valence electrons. The van der Waals surface area contributed by atoms with Crippen LogP contribution in [0.3, 0.4) is 0 Å². The number of aromatic amines is 2. The number of likely N-dealkylation sites (N-methyl/N-ethyl adjacent to an activating group) is 1. The maximum atomic E-state index is 12.5. The molecule has 1 amide bonds. The van der Waals surface area contributed by atoms with Crippen molar-refractivity contribution in [3.8, 4) is 22.6 Å². The number of nitrogens with one attached hydrogen (secondary N) is 3. The molecule has 4 aromatic heterocycles. The molecule has 0 aliphatic carbocycles. The Hall–Kier alpha value is -4.31. The molecule has 38 heavy (non-hydrogen) atoms. The second-order valence-electron chi connectivity index (χ2n) is 10.9. The highest BCUT2D eigenvalue weighted by Crippen LogP contribution is 2.33. The average Bonchev–Trinajstić information content (AvgIpc) is 3.52. The number of fused-ring (bicyclic) bond motifs is 2. The number of hydrogen-bond acceptors (Lipinski definition) is 7. The molecule has 0 atom stereocenters. The largest absolute Gasteiger partial charge is 0.367 e.